The largest absolute Gasteiger partial charge is 0.480 e. The van der Waals surface area contributed by atoms with Gasteiger partial charge in [0.25, 0.3) is 0 Å². The highest BCUT2D eigenvalue weighted by atomic mass is 32.2. The van der Waals surface area contributed by atoms with Crippen LogP contribution in [0.3, 0.4) is 0 Å². The van der Waals surface area contributed by atoms with E-state index in [4.69, 9.17) is 10.2 Å². The number of nitrogens with zero attached hydrogens (tertiary/aromatic N) is 1. The Bertz CT molecular complexity index is 174. The molecule has 0 unspecified atom stereocenters. The molecule has 70 valence electrons. The molecule has 0 aromatic carbocycles. The van der Waals surface area contributed by atoms with E-state index >= 15 is 0 Å². The molecule has 0 saturated heterocycles. The Morgan fingerprint density at radius 3 is 2.58 bits per heavy atom. The van der Waals surface area contributed by atoms with Gasteiger partial charge >= 0.3 is 5.97 Å². The first-order chi connectivity index (χ1) is 5.57. The summed E-state index contributed by atoms with van der Waals surface area (Å²) in [5.74, 6) is -0.690. The molecule has 0 aliphatic rings. The highest BCUT2D eigenvalue weighted by molar-refractivity contribution is 7.97. The van der Waals surface area contributed by atoms with E-state index in [1.54, 1.807) is 0 Å². The molecule has 0 aromatic rings. The van der Waals surface area contributed by atoms with Crippen molar-refractivity contribution in [2.24, 2.45) is 5.14 Å². The van der Waals surface area contributed by atoms with Crippen molar-refractivity contribution in [2.45, 2.75) is 6.42 Å². The van der Waals surface area contributed by atoms with E-state index in [9.17, 15) is 9.59 Å². The third-order valence-electron chi connectivity index (χ3n) is 1.23. The third-order valence-corrected chi connectivity index (χ3v) is 1.67. The summed E-state index contributed by atoms with van der Waals surface area (Å²) in [6, 6.07) is 0. The van der Waals surface area contributed by atoms with Gasteiger partial charge in [-0.2, -0.15) is 0 Å². The average Bonchev–Trinajstić information content (AvgIpc) is 1.98. The molecule has 0 radical (unpaired) electrons. The topological polar surface area (TPSA) is 83.6 Å². The fraction of sp³-hybridized carbons (Fsp3) is 0.667. The van der Waals surface area contributed by atoms with E-state index in [0.717, 1.165) is 11.9 Å². The van der Waals surface area contributed by atoms with E-state index in [0.29, 0.717) is 5.75 Å². The lowest BCUT2D eigenvalue weighted by atomic mass is 10.4. The highest BCUT2D eigenvalue weighted by Crippen LogP contribution is 1.95. The number of carbonyl (C=O) groups is 2. The number of carboxylic acids is 1. The molecule has 3 N–H and O–H groups in total. The normalized spacial score (nSPS) is 9.50. The Morgan fingerprint density at radius 2 is 2.17 bits per heavy atom. The molecule has 0 saturated carbocycles. The van der Waals surface area contributed by atoms with Gasteiger partial charge in [0.05, 0.1) is 0 Å². The van der Waals surface area contributed by atoms with Crippen LogP contribution in [0.15, 0.2) is 0 Å². The average molecular weight is 192 g/mol. The van der Waals surface area contributed by atoms with Crippen LogP contribution in [0.1, 0.15) is 6.42 Å². The van der Waals surface area contributed by atoms with Crippen molar-refractivity contribution in [3.05, 3.63) is 0 Å². The quantitative estimate of drug-likeness (QED) is 0.575. The van der Waals surface area contributed by atoms with Crippen molar-refractivity contribution in [1.82, 2.24) is 4.90 Å². The molecule has 0 spiro atoms. The van der Waals surface area contributed by atoms with Crippen LogP contribution in [0.4, 0.5) is 0 Å². The molecule has 0 aliphatic heterocycles. The summed E-state index contributed by atoms with van der Waals surface area (Å²) in [6.07, 6.45) is 0.283. The van der Waals surface area contributed by atoms with Gasteiger partial charge in [0.15, 0.2) is 0 Å². The number of carbonyl (C=O) groups excluding carboxylic acids is 1. The standard InChI is InChI=1S/C6H12N2O3S/c1-8(4-6(10)11)5(9)2-3-12-7/h2-4,7H2,1H3,(H,10,11). The Morgan fingerprint density at radius 1 is 1.58 bits per heavy atom. The van der Waals surface area contributed by atoms with Crippen LogP contribution in [0, 0.1) is 0 Å². The van der Waals surface area contributed by atoms with E-state index < -0.39 is 5.97 Å². The molecule has 12 heavy (non-hydrogen) atoms. The van der Waals surface area contributed by atoms with Crippen LogP contribution in [0.2, 0.25) is 0 Å². The zero-order valence-corrected chi connectivity index (χ0v) is 7.63. The van der Waals surface area contributed by atoms with E-state index in [-0.39, 0.29) is 18.9 Å². The Kier molecular flexibility index (Phi) is 5.48. The fourth-order valence-corrected chi connectivity index (χ4v) is 0.921. The van der Waals surface area contributed by atoms with E-state index in [1.165, 1.54) is 11.9 Å². The lowest BCUT2D eigenvalue weighted by Gasteiger charge is -2.13. The minimum absolute atomic E-state index is 0.199. The summed E-state index contributed by atoms with van der Waals surface area (Å²) >= 11 is 1.07. The number of likely N-dealkylation sites (N-methyl/N-ethyl adjacent to an activating group) is 1. The van der Waals surface area contributed by atoms with Gasteiger partial charge in [-0.05, 0) is 0 Å². The van der Waals surface area contributed by atoms with Crippen molar-refractivity contribution in [2.75, 3.05) is 19.3 Å². The van der Waals surface area contributed by atoms with Gasteiger partial charge in [-0.3, -0.25) is 14.7 Å². The number of rotatable bonds is 5. The number of aliphatic carboxylic acids is 1. The zero-order valence-electron chi connectivity index (χ0n) is 6.82. The second-order valence-corrected chi connectivity index (χ2v) is 3.01. The van der Waals surface area contributed by atoms with Crippen LogP contribution in [-0.2, 0) is 9.59 Å². The SMILES string of the molecule is CN(CC(=O)O)C(=O)CCSN. The number of amides is 1. The molecule has 0 atom stereocenters. The molecule has 0 rings (SSSR count). The predicted octanol–water partition coefficient (Wildman–Crippen LogP) is -0.474. The monoisotopic (exact) mass is 192 g/mol. The smallest absolute Gasteiger partial charge is 0.323 e. The molecule has 0 heterocycles. The lowest BCUT2D eigenvalue weighted by molar-refractivity contribution is -0.143. The predicted molar refractivity (Wildman–Crippen MR) is 46.5 cm³/mol. The number of hydrogen-bond donors (Lipinski definition) is 2. The van der Waals surface area contributed by atoms with Crippen molar-refractivity contribution in [1.29, 1.82) is 0 Å². The second-order valence-electron chi connectivity index (χ2n) is 2.26. The van der Waals surface area contributed by atoms with Crippen LogP contribution < -0.4 is 5.14 Å². The minimum atomic E-state index is -1.01. The summed E-state index contributed by atoms with van der Waals surface area (Å²) in [7, 11) is 1.46. The van der Waals surface area contributed by atoms with E-state index in [2.05, 4.69) is 0 Å². The summed E-state index contributed by atoms with van der Waals surface area (Å²) in [6.45, 7) is -0.256. The first-order valence-electron chi connectivity index (χ1n) is 3.35. The Balaban J connectivity index is 3.69. The summed E-state index contributed by atoms with van der Waals surface area (Å²) in [5.41, 5.74) is 0. The molecule has 6 heteroatoms. The molecule has 5 nitrogen and oxygen atoms in total. The van der Waals surface area contributed by atoms with Gasteiger partial charge in [0, 0.05) is 19.2 Å². The maximum Gasteiger partial charge on any atom is 0.323 e. The number of carboxylic acid groups (broad SMARTS) is 1. The van der Waals surface area contributed by atoms with Gasteiger partial charge in [0.2, 0.25) is 5.91 Å². The molecular formula is C6H12N2O3S. The maximum absolute atomic E-state index is 11.0. The first-order valence-corrected chi connectivity index (χ1v) is 4.40. The van der Waals surface area contributed by atoms with Crippen molar-refractivity contribution in [3.63, 3.8) is 0 Å². The van der Waals surface area contributed by atoms with Gasteiger partial charge < -0.3 is 10.0 Å². The molecular weight excluding hydrogens is 180 g/mol. The van der Waals surface area contributed by atoms with E-state index in [1.807, 2.05) is 0 Å². The lowest BCUT2D eigenvalue weighted by Crippen LogP contribution is -2.32. The summed E-state index contributed by atoms with van der Waals surface area (Å²) < 4.78 is 0. The Labute approximate surface area is 75.0 Å². The highest BCUT2D eigenvalue weighted by Gasteiger charge is 2.10. The zero-order chi connectivity index (χ0) is 9.56. The van der Waals surface area contributed by atoms with Gasteiger partial charge in [-0.1, -0.05) is 11.9 Å². The fourth-order valence-electron chi connectivity index (χ4n) is 0.628. The van der Waals surface area contributed by atoms with Crippen molar-refractivity contribution >= 4 is 23.8 Å². The van der Waals surface area contributed by atoms with Gasteiger partial charge in [0.1, 0.15) is 6.54 Å². The molecule has 0 fully saturated rings. The van der Waals surface area contributed by atoms with Crippen LogP contribution in [-0.4, -0.2) is 41.2 Å². The van der Waals surface area contributed by atoms with Gasteiger partial charge in [-0.25, -0.2) is 0 Å². The van der Waals surface area contributed by atoms with Crippen molar-refractivity contribution in [3.8, 4) is 0 Å². The Hall–Kier alpha value is -0.750. The molecule has 0 aromatic heterocycles. The number of hydrogen-bond acceptors (Lipinski definition) is 4. The molecule has 0 aliphatic carbocycles. The summed E-state index contributed by atoms with van der Waals surface area (Å²) in [5, 5.41) is 13.4. The minimum Gasteiger partial charge on any atom is -0.480 e. The molecule has 0 bridgehead atoms. The number of nitrogens with two attached hydrogens (primary N) is 1. The molecule has 1 amide bonds. The van der Waals surface area contributed by atoms with Crippen molar-refractivity contribution < 1.29 is 14.7 Å². The van der Waals surface area contributed by atoms with Gasteiger partial charge in [-0.15, -0.1) is 0 Å². The maximum atomic E-state index is 11.0. The van der Waals surface area contributed by atoms with Crippen LogP contribution in [0.25, 0.3) is 0 Å². The first kappa shape index (κ1) is 11.2. The van der Waals surface area contributed by atoms with Crippen LogP contribution in [0.5, 0.6) is 0 Å². The third kappa shape index (κ3) is 4.97. The second kappa shape index (κ2) is 5.84. The summed E-state index contributed by atoms with van der Waals surface area (Å²) in [4.78, 5) is 22.4. The van der Waals surface area contributed by atoms with Crippen LogP contribution >= 0.6 is 11.9 Å².